The lowest BCUT2D eigenvalue weighted by Crippen LogP contribution is -2.58. The number of halogens is 2. The normalized spacial score (nSPS) is 29.6. The van der Waals surface area contributed by atoms with Crippen LogP contribution in [0.2, 0.25) is 0 Å². The summed E-state index contributed by atoms with van der Waals surface area (Å²) in [5.41, 5.74) is 0.763. The molecule has 2 heterocycles. The molecule has 0 saturated carbocycles. The number of non-ortho nitro benzene ring substituents is 2. The van der Waals surface area contributed by atoms with E-state index in [-0.39, 0.29) is 37.8 Å². The second-order valence-electron chi connectivity index (χ2n) is 8.04. The first-order valence-corrected chi connectivity index (χ1v) is 12.2. The van der Waals surface area contributed by atoms with E-state index in [1.165, 1.54) is 24.3 Å². The van der Waals surface area contributed by atoms with E-state index in [0.717, 1.165) is 0 Å². The van der Waals surface area contributed by atoms with Crippen molar-refractivity contribution in [3.63, 3.8) is 0 Å². The number of rotatable bonds is 6. The predicted octanol–water partition coefficient (Wildman–Crippen LogP) is 4.38. The molecule has 33 heavy (non-hydrogen) atoms. The highest BCUT2D eigenvalue weighted by Crippen LogP contribution is 2.44. The Kier molecular flexibility index (Phi) is 6.85. The minimum Gasteiger partial charge on any atom is -0.344 e. The van der Waals surface area contributed by atoms with Gasteiger partial charge in [0.25, 0.3) is 11.4 Å². The van der Waals surface area contributed by atoms with E-state index in [0.29, 0.717) is 21.8 Å². The Labute approximate surface area is 205 Å². The number of hydrogen-bond acceptors (Lipinski definition) is 8. The van der Waals surface area contributed by atoms with E-state index in [4.69, 9.17) is 18.9 Å². The first kappa shape index (κ1) is 24.2. The van der Waals surface area contributed by atoms with Gasteiger partial charge in [-0.05, 0) is 24.3 Å². The van der Waals surface area contributed by atoms with E-state index in [1.807, 2.05) is 0 Å². The van der Waals surface area contributed by atoms with E-state index in [1.54, 1.807) is 24.3 Å². The Morgan fingerprint density at radius 2 is 0.970 bits per heavy atom. The maximum absolute atomic E-state index is 10.9. The van der Waals surface area contributed by atoms with Gasteiger partial charge in [-0.3, -0.25) is 20.2 Å². The third-order valence-corrected chi connectivity index (χ3v) is 7.31. The maximum atomic E-state index is 10.9. The van der Waals surface area contributed by atoms with E-state index < -0.39 is 26.8 Å². The summed E-state index contributed by atoms with van der Waals surface area (Å²) in [6, 6.07) is 12.1. The predicted molar refractivity (Wildman–Crippen MR) is 123 cm³/mol. The Hall–Kier alpha value is -1.96. The van der Waals surface area contributed by atoms with Crippen molar-refractivity contribution in [2.45, 2.75) is 11.6 Å². The summed E-state index contributed by atoms with van der Waals surface area (Å²) in [5, 5.41) is 22.6. The molecule has 2 aromatic carbocycles. The van der Waals surface area contributed by atoms with Crippen LogP contribution in [0, 0.1) is 25.6 Å². The highest BCUT2D eigenvalue weighted by molar-refractivity contribution is 9.09. The number of alkyl halides is 2. The van der Waals surface area contributed by atoms with Crippen LogP contribution in [0.3, 0.4) is 0 Å². The molecule has 2 saturated heterocycles. The fraction of sp³-hybridized carbons (Fsp3) is 0.429. The third-order valence-electron chi connectivity index (χ3n) is 5.83. The van der Waals surface area contributed by atoms with Crippen LogP contribution in [-0.4, -0.2) is 46.9 Å². The highest BCUT2D eigenvalue weighted by Gasteiger charge is 2.51. The molecular weight excluding hydrogens is 568 g/mol. The number of ether oxygens (including phenoxy) is 4. The maximum Gasteiger partial charge on any atom is 0.269 e. The zero-order chi connectivity index (χ0) is 23.7. The molecule has 12 heteroatoms. The molecule has 0 radical (unpaired) electrons. The SMILES string of the molecule is O=[N+]([O-])c1ccc(C2(CBr)OCC3(CO2)COC(CBr)(c2ccc([N+](=O)[O-])cc2)OC3)cc1. The lowest BCUT2D eigenvalue weighted by Gasteiger charge is -2.50. The van der Waals surface area contributed by atoms with Crippen molar-refractivity contribution in [1.82, 2.24) is 0 Å². The number of nitro groups is 2. The average molecular weight is 588 g/mol. The van der Waals surface area contributed by atoms with E-state index in [2.05, 4.69) is 31.9 Å². The standard InChI is InChI=1S/C21H20Br2N2O8/c22-9-20(15-1-5-17(6-2-15)24(26)27)30-11-19(12-31-20)13-32-21(10-23,33-14-19)16-3-7-18(8-4-16)25(28)29/h1-8H,9-14H2. The Morgan fingerprint density at radius 3 is 1.21 bits per heavy atom. The average Bonchev–Trinajstić information content (AvgIpc) is 2.86. The molecule has 176 valence electrons. The van der Waals surface area contributed by atoms with Crippen molar-refractivity contribution in [3.8, 4) is 0 Å². The molecule has 0 atom stereocenters. The van der Waals surface area contributed by atoms with Gasteiger partial charge in [-0.1, -0.05) is 31.9 Å². The fourth-order valence-electron chi connectivity index (χ4n) is 3.73. The highest BCUT2D eigenvalue weighted by atomic mass is 79.9. The zero-order valence-corrected chi connectivity index (χ0v) is 20.4. The molecule has 2 aliphatic rings. The van der Waals surface area contributed by atoms with Crippen LogP contribution in [0.25, 0.3) is 0 Å². The molecule has 2 fully saturated rings. The summed E-state index contributed by atoms with van der Waals surface area (Å²) in [6.07, 6.45) is 0. The second-order valence-corrected chi connectivity index (χ2v) is 9.16. The monoisotopic (exact) mass is 586 g/mol. The summed E-state index contributed by atoms with van der Waals surface area (Å²) in [7, 11) is 0. The molecule has 2 aliphatic heterocycles. The van der Waals surface area contributed by atoms with Gasteiger partial charge in [-0.2, -0.15) is 0 Å². The van der Waals surface area contributed by atoms with Crippen LogP contribution in [0.4, 0.5) is 11.4 Å². The van der Waals surface area contributed by atoms with Gasteiger partial charge >= 0.3 is 0 Å². The quantitative estimate of drug-likeness (QED) is 0.277. The Morgan fingerprint density at radius 1 is 0.667 bits per heavy atom. The third kappa shape index (κ3) is 4.55. The van der Waals surface area contributed by atoms with Gasteiger partial charge in [-0.25, -0.2) is 0 Å². The van der Waals surface area contributed by atoms with Crippen LogP contribution in [0.5, 0.6) is 0 Å². The van der Waals surface area contributed by atoms with Gasteiger partial charge in [0.1, 0.15) is 0 Å². The van der Waals surface area contributed by atoms with Gasteiger partial charge in [-0.15, -0.1) is 0 Å². The van der Waals surface area contributed by atoms with E-state index >= 15 is 0 Å². The van der Waals surface area contributed by atoms with Gasteiger partial charge in [0.05, 0.1) is 52.3 Å². The molecule has 0 N–H and O–H groups in total. The van der Waals surface area contributed by atoms with E-state index in [9.17, 15) is 20.2 Å². The number of hydrogen-bond donors (Lipinski definition) is 0. The van der Waals surface area contributed by atoms with Gasteiger partial charge in [0, 0.05) is 35.4 Å². The van der Waals surface area contributed by atoms with Crippen molar-refractivity contribution in [1.29, 1.82) is 0 Å². The molecule has 0 aliphatic carbocycles. The largest absolute Gasteiger partial charge is 0.344 e. The van der Waals surface area contributed by atoms with Crippen molar-refractivity contribution >= 4 is 43.2 Å². The van der Waals surface area contributed by atoms with Crippen molar-refractivity contribution in [2.75, 3.05) is 37.1 Å². The molecule has 0 bridgehead atoms. The molecule has 0 aromatic heterocycles. The van der Waals surface area contributed by atoms with Crippen LogP contribution in [0.15, 0.2) is 48.5 Å². The molecular formula is C21H20Br2N2O8. The minimum absolute atomic E-state index is 0.0119. The summed E-state index contributed by atoms with van der Waals surface area (Å²) in [5.74, 6) is -2.16. The topological polar surface area (TPSA) is 123 Å². The van der Waals surface area contributed by atoms with Gasteiger partial charge in [0.15, 0.2) is 0 Å². The van der Waals surface area contributed by atoms with Crippen molar-refractivity contribution in [2.24, 2.45) is 5.41 Å². The molecule has 1 spiro atoms. The smallest absolute Gasteiger partial charge is 0.269 e. The molecule has 0 amide bonds. The Bertz CT molecular complexity index is 929. The summed E-state index contributed by atoms with van der Waals surface area (Å²) >= 11 is 6.88. The fourth-order valence-corrected chi connectivity index (χ4v) is 5.02. The Balaban J connectivity index is 1.46. The summed E-state index contributed by atoms with van der Waals surface area (Å²) < 4.78 is 24.6. The molecule has 0 unspecified atom stereocenters. The zero-order valence-electron chi connectivity index (χ0n) is 17.3. The number of benzene rings is 2. The van der Waals surface area contributed by atoms with Gasteiger partial charge < -0.3 is 18.9 Å². The van der Waals surface area contributed by atoms with Crippen molar-refractivity contribution in [3.05, 3.63) is 79.9 Å². The van der Waals surface area contributed by atoms with Crippen LogP contribution < -0.4 is 0 Å². The van der Waals surface area contributed by atoms with Crippen LogP contribution in [-0.2, 0) is 30.5 Å². The van der Waals surface area contributed by atoms with Crippen LogP contribution in [0.1, 0.15) is 11.1 Å². The molecule has 10 nitrogen and oxygen atoms in total. The van der Waals surface area contributed by atoms with Crippen LogP contribution >= 0.6 is 31.9 Å². The lowest BCUT2D eigenvalue weighted by atomic mass is 9.88. The minimum atomic E-state index is -1.08. The first-order chi connectivity index (χ1) is 15.8. The number of nitrogens with zero attached hydrogens (tertiary/aromatic N) is 2. The molecule has 4 rings (SSSR count). The number of nitro benzene ring substituents is 2. The first-order valence-electron chi connectivity index (χ1n) is 9.95. The summed E-state index contributed by atoms with van der Waals surface area (Å²) in [4.78, 5) is 21.0. The van der Waals surface area contributed by atoms with Crippen molar-refractivity contribution < 1.29 is 28.8 Å². The summed E-state index contributed by atoms with van der Waals surface area (Å²) in [6.45, 7) is 1.14. The second kappa shape index (κ2) is 9.35. The lowest BCUT2D eigenvalue weighted by molar-refractivity contribution is -0.385. The molecule has 2 aromatic rings. The van der Waals surface area contributed by atoms with Gasteiger partial charge in [0.2, 0.25) is 11.6 Å².